The van der Waals surface area contributed by atoms with Gasteiger partial charge in [0, 0.05) is 0 Å². The van der Waals surface area contributed by atoms with E-state index in [0.717, 1.165) is 35.5 Å². The lowest BCUT2D eigenvalue weighted by Gasteiger charge is -2.40. The molecule has 0 spiro atoms. The lowest BCUT2D eigenvalue weighted by molar-refractivity contribution is -0.154. The minimum absolute atomic E-state index is 0.0182. The number of ether oxygens (including phenoxy) is 1. The molecule has 1 heterocycles. The monoisotopic (exact) mass is 216 g/mol. The highest BCUT2D eigenvalue weighted by Gasteiger charge is 2.86. The van der Waals surface area contributed by atoms with Gasteiger partial charge in [-0.25, -0.2) is 0 Å². The van der Waals surface area contributed by atoms with Crippen LogP contribution in [0.2, 0.25) is 0 Å². The number of hydrogen-bond acceptors (Lipinski definition) is 3. The summed E-state index contributed by atoms with van der Waals surface area (Å²) in [7, 11) is 0. The van der Waals surface area contributed by atoms with E-state index in [1.165, 1.54) is 6.42 Å². The van der Waals surface area contributed by atoms with Crippen molar-refractivity contribution in [2.24, 2.45) is 59.2 Å². The van der Waals surface area contributed by atoms with Gasteiger partial charge in [0.15, 0.2) is 0 Å². The van der Waals surface area contributed by atoms with Crippen molar-refractivity contribution in [1.29, 1.82) is 0 Å². The molecule has 8 fully saturated rings. The number of cyclic esters (lactones) is 2. The minimum Gasteiger partial charge on any atom is -0.393 e. The summed E-state index contributed by atoms with van der Waals surface area (Å²) >= 11 is 0. The molecule has 0 amide bonds. The molecule has 0 aromatic heterocycles. The zero-order chi connectivity index (χ0) is 10.3. The molecule has 8 bridgehead atoms. The zero-order valence-corrected chi connectivity index (χ0v) is 8.71. The zero-order valence-electron chi connectivity index (χ0n) is 8.71. The summed E-state index contributed by atoms with van der Waals surface area (Å²) in [6.45, 7) is 0. The molecule has 16 heavy (non-hydrogen) atoms. The Morgan fingerprint density at radius 1 is 0.750 bits per heavy atom. The third kappa shape index (κ3) is 0.486. The maximum absolute atomic E-state index is 11.8. The molecular weight excluding hydrogens is 204 g/mol. The van der Waals surface area contributed by atoms with Gasteiger partial charge in [0.05, 0.1) is 11.8 Å². The molecule has 3 nitrogen and oxygen atoms in total. The molecular formula is C13H12O3. The average molecular weight is 216 g/mol. The molecule has 6 atom stereocenters. The first-order chi connectivity index (χ1) is 7.79. The van der Waals surface area contributed by atoms with E-state index >= 15 is 0 Å². The lowest BCUT2D eigenvalue weighted by Crippen LogP contribution is -2.45. The highest BCUT2D eigenvalue weighted by Crippen LogP contribution is 2.87. The van der Waals surface area contributed by atoms with Crippen LogP contribution in [0.15, 0.2) is 0 Å². The maximum Gasteiger partial charge on any atom is 0.317 e. The Morgan fingerprint density at radius 3 is 1.62 bits per heavy atom. The van der Waals surface area contributed by atoms with Crippen LogP contribution in [-0.4, -0.2) is 11.9 Å². The molecule has 6 unspecified atom stereocenters. The maximum atomic E-state index is 11.8. The molecule has 0 radical (unpaired) electrons. The fourth-order valence-corrected chi connectivity index (χ4v) is 6.76. The van der Waals surface area contributed by atoms with Crippen molar-refractivity contribution in [3.05, 3.63) is 0 Å². The molecule has 8 aliphatic rings. The van der Waals surface area contributed by atoms with Crippen molar-refractivity contribution in [3.8, 4) is 0 Å². The first-order valence-corrected chi connectivity index (χ1v) is 6.54. The van der Waals surface area contributed by atoms with E-state index in [9.17, 15) is 9.59 Å². The summed E-state index contributed by atoms with van der Waals surface area (Å²) in [6, 6.07) is 0. The molecule has 0 N–H and O–H groups in total. The second-order valence-electron chi connectivity index (χ2n) is 6.82. The topological polar surface area (TPSA) is 43.4 Å². The van der Waals surface area contributed by atoms with Gasteiger partial charge < -0.3 is 4.74 Å². The Bertz CT molecular complexity index is 422. The first kappa shape index (κ1) is 7.46. The van der Waals surface area contributed by atoms with Crippen molar-refractivity contribution in [2.75, 3.05) is 0 Å². The van der Waals surface area contributed by atoms with Crippen molar-refractivity contribution in [3.63, 3.8) is 0 Å². The third-order valence-corrected chi connectivity index (χ3v) is 6.87. The van der Waals surface area contributed by atoms with Gasteiger partial charge in [-0.2, -0.15) is 0 Å². The standard InChI is InChI=1S/C13H12O3/c14-12-10-8-4-2-1-3-6(8)7(3)9(5(2)4)11(10)13(15)16-12/h2-11H,1H2. The Kier molecular flexibility index (Phi) is 0.826. The van der Waals surface area contributed by atoms with Gasteiger partial charge in [-0.3, -0.25) is 9.59 Å². The number of rotatable bonds is 0. The van der Waals surface area contributed by atoms with Crippen LogP contribution in [-0.2, 0) is 14.3 Å². The van der Waals surface area contributed by atoms with Gasteiger partial charge in [-0.05, 0) is 53.8 Å². The van der Waals surface area contributed by atoms with E-state index in [-0.39, 0.29) is 23.8 Å². The fraction of sp³-hybridized carbons (Fsp3) is 0.846. The van der Waals surface area contributed by atoms with Gasteiger partial charge in [-0.15, -0.1) is 0 Å². The molecule has 3 heteroatoms. The van der Waals surface area contributed by atoms with Crippen LogP contribution in [0.3, 0.4) is 0 Å². The van der Waals surface area contributed by atoms with Gasteiger partial charge in [-0.1, -0.05) is 0 Å². The van der Waals surface area contributed by atoms with Crippen LogP contribution in [0, 0.1) is 59.2 Å². The lowest BCUT2D eigenvalue weighted by atomic mass is 9.59. The summed E-state index contributed by atoms with van der Waals surface area (Å²) in [5.74, 6) is 5.72. The third-order valence-electron chi connectivity index (χ3n) is 6.87. The first-order valence-electron chi connectivity index (χ1n) is 6.54. The van der Waals surface area contributed by atoms with Crippen LogP contribution in [0.5, 0.6) is 0 Å². The Balaban J connectivity index is 1.62. The Labute approximate surface area is 92.5 Å². The van der Waals surface area contributed by atoms with Crippen LogP contribution in [0.4, 0.5) is 0 Å². The van der Waals surface area contributed by atoms with E-state index in [1.807, 2.05) is 0 Å². The summed E-state index contributed by atoms with van der Waals surface area (Å²) < 4.78 is 4.90. The molecule has 0 aromatic carbocycles. The fourth-order valence-electron chi connectivity index (χ4n) is 6.76. The van der Waals surface area contributed by atoms with Crippen molar-refractivity contribution in [1.82, 2.24) is 0 Å². The summed E-state index contributed by atoms with van der Waals surface area (Å²) in [5.41, 5.74) is 0. The highest BCUT2D eigenvalue weighted by atomic mass is 16.6. The van der Waals surface area contributed by atoms with Crippen molar-refractivity contribution >= 4 is 11.9 Å². The number of carbonyl (C=O) groups is 2. The van der Waals surface area contributed by atoms with Crippen molar-refractivity contribution < 1.29 is 14.3 Å². The van der Waals surface area contributed by atoms with Gasteiger partial charge in [0.2, 0.25) is 0 Å². The minimum atomic E-state index is -0.180. The van der Waals surface area contributed by atoms with Crippen LogP contribution < -0.4 is 0 Å². The summed E-state index contributed by atoms with van der Waals surface area (Å²) in [5, 5.41) is 0. The predicted octanol–water partition coefficient (Wildman–Crippen LogP) is 0.690. The molecule has 0 aromatic rings. The van der Waals surface area contributed by atoms with Gasteiger partial charge in [0.1, 0.15) is 0 Å². The second kappa shape index (κ2) is 1.77. The quantitative estimate of drug-likeness (QED) is 0.442. The SMILES string of the molecule is O=C1OC(=O)C2C1C1C3C4CC5C1C5C2C43. The summed E-state index contributed by atoms with van der Waals surface area (Å²) in [6.07, 6.45) is 1.42. The normalized spacial score (nSPS) is 74.8. The van der Waals surface area contributed by atoms with E-state index in [4.69, 9.17) is 4.74 Å². The van der Waals surface area contributed by atoms with Gasteiger partial charge >= 0.3 is 11.9 Å². The molecule has 82 valence electrons. The number of carbonyl (C=O) groups excluding carboxylic acids is 2. The molecule has 1 aliphatic heterocycles. The van der Waals surface area contributed by atoms with E-state index in [1.54, 1.807) is 0 Å². The largest absolute Gasteiger partial charge is 0.393 e. The molecule has 7 saturated carbocycles. The van der Waals surface area contributed by atoms with Gasteiger partial charge in [0.25, 0.3) is 0 Å². The average Bonchev–Trinajstić information content (AvgIpc) is 3.15. The molecule has 7 aliphatic carbocycles. The van der Waals surface area contributed by atoms with Crippen LogP contribution >= 0.6 is 0 Å². The Morgan fingerprint density at radius 2 is 1.19 bits per heavy atom. The second-order valence-corrected chi connectivity index (χ2v) is 6.82. The van der Waals surface area contributed by atoms with E-state index in [2.05, 4.69) is 0 Å². The molecule has 1 saturated heterocycles. The highest BCUT2D eigenvalue weighted by molar-refractivity contribution is 5.97. The van der Waals surface area contributed by atoms with E-state index in [0.29, 0.717) is 11.8 Å². The van der Waals surface area contributed by atoms with Crippen LogP contribution in [0.1, 0.15) is 6.42 Å². The molecule has 8 rings (SSSR count). The van der Waals surface area contributed by atoms with Crippen molar-refractivity contribution in [2.45, 2.75) is 6.42 Å². The predicted molar refractivity (Wildman–Crippen MR) is 50.6 cm³/mol. The smallest absolute Gasteiger partial charge is 0.317 e. The number of hydrogen-bond donors (Lipinski definition) is 0. The Hall–Kier alpha value is -0.860. The van der Waals surface area contributed by atoms with E-state index < -0.39 is 0 Å². The summed E-state index contributed by atoms with van der Waals surface area (Å²) in [4.78, 5) is 23.6. The number of esters is 2. The van der Waals surface area contributed by atoms with Crippen LogP contribution in [0.25, 0.3) is 0 Å².